The van der Waals surface area contributed by atoms with Gasteiger partial charge in [-0.1, -0.05) is 23.2 Å². The molecule has 1 aromatic rings. The van der Waals surface area contributed by atoms with Crippen LogP contribution in [0.25, 0.3) is 0 Å². The summed E-state index contributed by atoms with van der Waals surface area (Å²) in [6.07, 6.45) is 0.118. The third-order valence-corrected chi connectivity index (χ3v) is 4.08. The van der Waals surface area contributed by atoms with Crippen LogP contribution >= 0.6 is 45.8 Å². The fourth-order valence-electron chi connectivity index (χ4n) is 1.20. The van der Waals surface area contributed by atoms with Crippen LogP contribution in [0.4, 0.5) is 0 Å². The second-order valence-electron chi connectivity index (χ2n) is 3.33. The quantitative estimate of drug-likeness (QED) is 0.479. The predicted octanol–water partition coefficient (Wildman–Crippen LogP) is 2.89. The van der Waals surface area contributed by atoms with Gasteiger partial charge in [-0.2, -0.15) is 0 Å². The third-order valence-electron chi connectivity index (χ3n) is 2.08. The van der Waals surface area contributed by atoms with Gasteiger partial charge in [-0.05, 0) is 34.7 Å². The van der Waals surface area contributed by atoms with Crippen molar-refractivity contribution in [1.82, 2.24) is 5.32 Å². The first-order valence-electron chi connectivity index (χ1n) is 4.95. The molecule has 4 nitrogen and oxygen atoms in total. The first-order valence-corrected chi connectivity index (χ1v) is 6.78. The molecule has 0 radical (unpaired) electrons. The van der Waals surface area contributed by atoms with Crippen molar-refractivity contribution < 1.29 is 14.3 Å². The Hall–Kier alpha value is -0.530. The Bertz CT molecular complexity index is 480. The zero-order valence-corrected chi connectivity index (χ0v) is 13.1. The van der Waals surface area contributed by atoms with E-state index in [0.717, 1.165) is 0 Å². The molecule has 1 rings (SSSR count). The van der Waals surface area contributed by atoms with E-state index in [4.69, 9.17) is 23.2 Å². The van der Waals surface area contributed by atoms with Gasteiger partial charge in [0.05, 0.1) is 24.1 Å². The zero-order valence-electron chi connectivity index (χ0n) is 9.43. The first-order chi connectivity index (χ1) is 8.45. The fraction of sp³-hybridized carbons (Fsp3) is 0.273. The normalized spacial score (nSPS) is 10.0. The van der Waals surface area contributed by atoms with Gasteiger partial charge < -0.3 is 10.1 Å². The Labute approximate surface area is 128 Å². The molecule has 1 N–H and O–H groups in total. The number of halogens is 3. The van der Waals surface area contributed by atoms with E-state index in [2.05, 4.69) is 10.1 Å². The highest BCUT2D eigenvalue weighted by Gasteiger charge is 2.14. The number of benzene rings is 1. The van der Waals surface area contributed by atoms with Crippen LogP contribution in [-0.4, -0.2) is 25.5 Å². The lowest BCUT2D eigenvalue weighted by molar-refractivity contribution is -0.140. The van der Waals surface area contributed by atoms with E-state index in [0.29, 0.717) is 19.2 Å². The predicted molar refractivity (Wildman–Crippen MR) is 78.1 cm³/mol. The van der Waals surface area contributed by atoms with Gasteiger partial charge in [0, 0.05) is 15.1 Å². The SMILES string of the molecule is COC(=O)CCNC(=O)c1cc(Cl)cc(Cl)c1I. The highest BCUT2D eigenvalue weighted by Crippen LogP contribution is 2.26. The molecule has 0 fully saturated rings. The summed E-state index contributed by atoms with van der Waals surface area (Å²) >= 11 is 13.7. The summed E-state index contributed by atoms with van der Waals surface area (Å²) in [7, 11) is 1.30. The smallest absolute Gasteiger partial charge is 0.307 e. The summed E-state index contributed by atoms with van der Waals surface area (Å²) in [5, 5.41) is 3.40. The van der Waals surface area contributed by atoms with Crippen LogP contribution in [0, 0.1) is 3.57 Å². The number of carbonyl (C=O) groups is 2. The molecule has 0 saturated heterocycles. The highest BCUT2D eigenvalue weighted by molar-refractivity contribution is 14.1. The Kier molecular flexibility index (Phi) is 6.17. The molecular formula is C11H10Cl2INO3. The maximum Gasteiger partial charge on any atom is 0.307 e. The summed E-state index contributed by atoms with van der Waals surface area (Å²) in [6.45, 7) is 0.200. The van der Waals surface area contributed by atoms with Crippen molar-refractivity contribution in [1.29, 1.82) is 0 Å². The molecule has 1 aromatic carbocycles. The minimum absolute atomic E-state index is 0.118. The molecule has 0 heterocycles. The fourth-order valence-corrected chi connectivity index (χ4v) is 2.25. The first kappa shape index (κ1) is 15.5. The number of methoxy groups -OCH3 is 1. The summed E-state index contributed by atoms with van der Waals surface area (Å²) in [6, 6.07) is 3.10. The van der Waals surface area contributed by atoms with Gasteiger partial charge in [0.25, 0.3) is 5.91 Å². The van der Waals surface area contributed by atoms with Crippen LogP contribution in [0.15, 0.2) is 12.1 Å². The summed E-state index contributed by atoms with van der Waals surface area (Å²) < 4.78 is 5.09. The van der Waals surface area contributed by atoms with Crippen molar-refractivity contribution in [2.24, 2.45) is 0 Å². The lowest BCUT2D eigenvalue weighted by Crippen LogP contribution is -2.27. The molecular weight excluding hydrogens is 392 g/mol. The van der Waals surface area contributed by atoms with Gasteiger partial charge in [-0.15, -0.1) is 0 Å². The van der Waals surface area contributed by atoms with Gasteiger partial charge in [-0.3, -0.25) is 9.59 Å². The minimum atomic E-state index is -0.380. The lowest BCUT2D eigenvalue weighted by Gasteiger charge is -2.08. The second-order valence-corrected chi connectivity index (χ2v) is 5.25. The average Bonchev–Trinajstić information content (AvgIpc) is 2.33. The van der Waals surface area contributed by atoms with Crippen LogP contribution in [0.5, 0.6) is 0 Å². The van der Waals surface area contributed by atoms with Crippen LogP contribution in [0.3, 0.4) is 0 Å². The molecule has 0 atom stereocenters. The van der Waals surface area contributed by atoms with Gasteiger partial charge in [0.2, 0.25) is 0 Å². The van der Waals surface area contributed by atoms with Crippen LogP contribution < -0.4 is 5.32 Å². The van der Waals surface area contributed by atoms with Gasteiger partial charge in [0.15, 0.2) is 0 Å². The van der Waals surface area contributed by atoms with Crippen molar-refractivity contribution in [3.05, 3.63) is 31.3 Å². The number of rotatable bonds is 4. The maximum absolute atomic E-state index is 11.9. The molecule has 0 aliphatic heterocycles. The van der Waals surface area contributed by atoms with E-state index in [-0.39, 0.29) is 24.8 Å². The van der Waals surface area contributed by atoms with Gasteiger partial charge in [-0.25, -0.2) is 0 Å². The third kappa shape index (κ3) is 4.29. The molecule has 0 bridgehead atoms. The molecule has 1 amide bonds. The number of hydrogen-bond acceptors (Lipinski definition) is 3. The largest absolute Gasteiger partial charge is 0.469 e. The summed E-state index contributed by atoms with van der Waals surface area (Å²) in [4.78, 5) is 22.7. The van der Waals surface area contributed by atoms with E-state index in [9.17, 15) is 9.59 Å². The molecule has 0 saturated carbocycles. The molecule has 0 aliphatic carbocycles. The van der Waals surface area contributed by atoms with Crippen molar-refractivity contribution in [2.45, 2.75) is 6.42 Å². The molecule has 0 aliphatic rings. The highest BCUT2D eigenvalue weighted by atomic mass is 127. The van der Waals surface area contributed by atoms with Gasteiger partial charge in [0.1, 0.15) is 0 Å². The monoisotopic (exact) mass is 401 g/mol. The van der Waals surface area contributed by atoms with E-state index < -0.39 is 0 Å². The zero-order chi connectivity index (χ0) is 13.7. The molecule has 98 valence electrons. The van der Waals surface area contributed by atoms with Crippen molar-refractivity contribution in [3.8, 4) is 0 Å². The minimum Gasteiger partial charge on any atom is -0.469 e. The molecule has 0 unspecified atom stereocenters. The molecule has 18 heavy (non-hydrogen) atoms. The summed E-state index contributed by atoms with van der Waals surface area (Å²) in [5.74, 6) is -0.707. The standard InChI is InChI=1S/C11H10Cl2INO3/c1-18-9(16)2-3-15-11(17)7-4-6(12)5-8(13)10(7)14/h4-5H,2-3H2,1H3,(H,15,17). The second kappa shape index (κ2) is 7.16. The number of nitrogens with one attached hydrogen (secondary N) is 1. The lowest BCUT2D eigenvalue weighted by atomic mass is 10.2. The van der Waals surface area contributed by atoms with E-state index in [1.165, 1.54) is 13.2 Å². The van der Waals surface area contributed by atoms with Crippen LogP contribution in [0.2, 0.25) is 10.0 Å². The summed E-state index contributed by atoms with van der Waals surface area (Å²) in [5.41, 5.74) is 0.387. The van der Waals surface area contributed by atoms with Crippen LogP contribution in [-0.2, 0) is 9.53 Å². The Morgan fingerprint density at radius 1 is 1.39 bits per heavy atom. The number of amides is 1. The topological polar surface area (TPSA) is 55.4 Å². The van der Waals surface area contributed by atoms with Gasteiger partial charge >= 0.3 is 5.97 Å². The van der Waals surface area contributed by atoms with E-state index in [1.54, 1.807) is 6.07 Å². The molecule has 7 heteroatoms. The number of esters is 1. The van der Waals surface area contributed by atoms with Crippen molar-refractivity contribution in [3.63, 3.8) is 0 Å². The Morgan fingerprint density at radius 3 is 2.67 bits per heavy atom. The number of hydrogen-bond donors (Lipinski definition) is 1. The maximum atomic E-state index is 11.9. The van der Waals surface area contributed by atoms with E-state index >= 15 is 0 Å². The van der Waals surface area contributed by atoms with E-state index in [1.807, 2.05) is 22.6 Å². The Balaban J connectivity index is 2.70. The number of carbonyl (C=O) groups excluding carboxylic acids is 2. The molecule has 0 spiro atoms. The van der Waals surface area contributed by atoms with Crippen molar-refractivity contribution >= 4 is 57.7 Å². The average molecular weight is 402 g/mol. The van der Waals surface area contributed by atoms with Crippen molar-refractivity contribution in [2.75, 3.05) is 13.7 Å². The number of ether oxygens (including phenoxy) is 1. The van der Waals surface area contributed by atoms with Crippen LogP contribution in [0.1, 0.15) is 16.8 Å². The molecule has 0 aromatic heterocycles. The Morgan fingerprint density at radius 2 is 2.06 bits per heavy atom.